The molecule has 7 heteroatoms. The maximum atomic E-state index is 11.8. The Labute approximate surface area is 131 Å². The van der Waals surface area contributed by atoms with E-state index in [4.69, 9.17) is 4.74 Å². The van der Waals surface area contributed by atoms with E-state index in [9.17, 15) is 13.2 Å². The van der Waals surface area contributed by atoms with E-state index in [0.29, 0.717) is 6.54 Å². The van der Waals surface area contributed by atoms with E-state index < -0.39 is 22.0 Å². The summed E-state index contributed by atoms with van der Waals surface area (Å²) < 4.78 is 28.5. The average Bonchev–Trinajstić information content (AvgIpc) is 2.72. The van der Waals surface area contributed by atoms with Crippen molar-refractivity contribution in [1.29, 1.82) is 0 Å². The summed E-state index contributed by atoms with van der Waals surface area (Å²) in [5.41, 5.74) is 2.25. The Balaban J connectivity index is 1.97. The van der Waals surface area contributed by atoms with E-state index in [2.05, 4.69) is 10.6 Å². The molecule has 0 bridgehead atoms. The van der Waals surface area contributed by atoms with Crippen molar-refractivity contribution in [2.24, 2.45) is 0 Å². The van der Waals surface area contributed by atoms with E-state index in [-0.39, 0.29) is 24.2 Å². The number of carbonyl (C=O) groups excluding carboxylic acids is 1. The fraction of sp³-hybridized carbons (Fsp3) is 0.533. The van der Waals surface area contributed by atoms with Crippen molar-refractivity contribution >= 4 is 15.9 Å². The van der Waals surface area contributed by atoms with Gasteiger partial charge in [-0.3, -0.25) is 0 Å². The standard InChI is InChI=1S/C15H22N2O4S/c1-3-21-15(18)17-14-10-22(19,20)9-13(14)16-8-12-6-4-11(2)5-7-12/h4-7,13-14,16H,3,8-10H2,1-2H3,(H,17,18)/t13-,14-/m1/s1. The van der Waals surface area contributed by atoms with Crippen molar-refractivity contribution < 1.29 is 17.9 Å². The Morgan fingerprint density at radius 3 is 2.50 bits per heavy atom. The number of nitrogens with one attached hydrogen (secondary N) is 2. The second-order valence-electron chi connectivity index (χ2n) is 5.52. The second kappa shape index (κ2) is 7.11. The number of carbonyl (C=O) groups is 1. The Morgan fingerprint density at radius 2 is 1.86 bits per heavy atom. The largest absolute Gasteiger partial charge is 0.450 e. The number of rotatable bonds is 5. The van der Waals surface area contributed by atoms with Crippen LogP contribution in [0.15, 0.2) is 24.3 Å². The summed E-state index contributed by atoms with van der Waals surface area (Å²) in [4.78, 5) is 11.5. The first kappa shape index (κ1) is 16.8. The van der Waals surface area contributed by atoms with Crippen LogP contribution >= 0.6 is 0 Å². The molecule has 0 radical (unpaired) electrons. The first-order chi connectivity index (χ1) is 10.4. The highest BCUT2D eigenvalue weighted by atomic mass is 32.2. The summed E-state index contributed by atoms with van der Waals surface area (Å²) in [7, 11) is -3.15. The van der Waals surface area contributed by atoms with Crippen molar-refractivity contribution in [3.63, 3.8) is 0 Å². The third kappa shape index (κ3) is 4.71. The molecule has 1 fully saturated rings. The first-order valence-electron chi connectivity index (χ1n) is 7.32. The van der Waals surface area contributed by atoms with E-state index in [1.165, 1.54) is 5.56 Å². The lowest BCUT2D eigenvalue weighted by Gasteiger charge is -2.20. The third-order valence-electron chi connectivity index (χ3n) is 3.62. The number of alkyl carbamates (subject to hydrolysis) is 1. The van der Waals surface area contributed by atoms with Crippen LogP contribution in [0.1, 0.15) is 18.1 Å². The monoisotopic (exact) mass is 326 g/mol. The molecule has 1 amide bonds. The molecule has 2 N–H and O–H groups in total. The lowest BCUT2D eigenvalue weighted by atomic mass is 10.1. The minimum atomic E-state index is -3.15. The molecule has 0 aromatic heterocycles. The molecule has 1 aliphatic heterocycles. The van der Waals surface area contributed by atoms with Gasteiger partial charge in [-0.05, 0) is 19.4 Å². The highest BCUT2D eigenvalue weighted by molar-refractivity contribution is 7.91. The SMILES string of the molecule is CCOC(=O)N[C@@H]1CS(=O)(=O)C[C@H]1NCc1ccc(C)cc1. The van der Waals surface area contributed by atoms with Crippen LogP contribution in [-0.4, -0.2) is 44.7 Å². The molecule has 122 valence electrons. The van der Waals surface area contributed by atoms with Crippen molar-refractivity contribution in [3.05, 3.63) is 35.4 Å². The van der Waals surface area contributed by atoms with Gasteiger partial charge in [-0.25, -0.2) is 13.2 Å². The highest BCUT2D eigenvalue weighted by Crippen LogP contribution is 2.14. The normalized spacial score (nSPS) is 23.2. The van der Waals surface area contributed by atoms with Crippen molar-refractivity contribution in [3.8, 4) is 0 Å². The molecule has 6 nitrogen and oxygen atoms in total. The van der Waals surface area contributed by atoms with Crippen LogP contribution in [-0.2, 0) is 21.1 Å². The summed E-state index contributed by atoms with van der Waals surface area (Å²) in [6.07, 6.45) is -0.577. The van der Waals surface area contributed by atoms with Gasteiger partial charge in [-0.2, -0.15) is 0 Å². The fourth-order valence-electron chi connectivity index (χ4n) is 2.47. The van der Waals surface area contributed by atoms with Crippen LogP contribution in [0.25, 0.3) is 0 Å². The topological polar surface area (TPSA) is 84.5 Å². The Kier molecular flexibility index (Phi) is 5.42. The van der Waals surface area contributed by atoms with Gasteiger partial charge in [0.15, 0.2) is 9.84 Å². The second-order valence-corrected chi connectivity index (χ2v) is 7.68. The van der Waals surface area contributed by atoms with Gasteiger partial charge in [-0.1, -0.05) is 29.8 Å². The lowest BCUT2D eigenvalue weighted by Crippen LogP contribution is -2.49. The van der Waals surface area contributed by atoms with Gasteiger partial charge in [0, 0.05) is 12.6 Å². The van der Waals surface area contributed by atoms with E-state index >= 15 is 0 Å². The number of hydrogen-bond acceptors (Lipinski definition) is 5. The van der Waals surface area contributed by atoms with Crippen LogP contribution < -0.4 is 10.6 Å². The van der Waals surface area contributed by atoms with Crippen LogP contribution in [0.2, 0.25) is 0 Å². The molecule has 22 heavy (non-hydrogen) atoms. The molecule has 2 rings (SSSR count). The van der Waals surface area contributed by atoms with E-state index in [1.807, 2.05) is 31.2 Å². The summed E-state index contributed by atoms with van der Waals surface area (Å²) >= 11 is 0. The van der Waals surface area contributed by atoms with E-state index in [0.717, 1.165) is 5.56 Å². The van der Waals surface area contributed by atoms with Crippen molar-refractivity contribution in [2.45, 2.75) is 32.5 Å². The predicted molar refractivity (Wildman–Crippen MR) is 84.4 cm³/mol. The molecule has 0 unspecified atom stereocenters. The van der Waals surface area contributed by atoms with Gasteiger partial charge in [-0.15, -0.1) is 0 Å². The summed E-state index contributed by atoms with van der Waals surface area (Å²) in [5.74, 6) is -0.0344. The maximum Gasteiger partial charge on any atom is 0.407 e. The molecule has 0 saturated carbocycles. The third-order valence-corrected chi connectivity index (χ3v) is 5.35. The van der Waals surface area contributed by atoms with Gasteiger partial charge in [0.1, 0.15) is 0 Å². The van der Waals surface area contributed by atoms with Gasteiger partial charge in [0.25, 0.3) is 0 Å². The molecular weight excluding hydrogens is 304 g/mol. The fourth-order valence-corrected chi connectivity index (χ4v) is 4.37. The summed E-state index contributed by atoms with van der Waals surface area (Å²) in [5, 5.41) is 5.85. The van der Waals surface area contributed by atoms with Crippen LogP contribution in [0, 0.1) is 6.92 Å². The molecular formula is C15H22N2O4S. The number of amides is 1. The lowest BCUT2D eigenvalue weighted by molar-refractivity contribution is 0.147. The van der Waals surface area contributed by atoms with Gasteiger partial charge in [0.05, 0.1) is 24.2 Å². The van der Waals surface area contributed by atoms with Crippen LogP contribution in [0.4, 0.5) is 4.79 Å². The van der Waals surface area contributed by atoms with Crippen LogP contribution in [0.5, 0.6) is 0 Å². The molecule has 1 aromatic carbocycles. The number of sulfone groups is 1. The molecule has 0 aliphatic carbocycles. The molecule has 2 atom stereocenters. The number of hydrogen-bond donors (Lipinski definition) is 2. The number of ether oxygens (including phenoxy) is 1. The Hall–Kier alpha value is -1.60. The van der Waals surface area contributed by atoms with Crippen molar-refractivity contribution in [1.82, 2.24) is 10.6 Å². The van der Waals surface area contributed by atoms with Crippen LogP contribution in [0.3, 0.4) is 0 Å². The number of benzene rings is 1. The summed E-state index contributed by atoms with van der Waals surface area (Å²) in [6, 6.07) is 7.25. The average molecular weight is 326 g/mol. The molecule has 1 saturated heterocycles. The van der Waals surface area contributed by atoms with Gasteiger partial charge < -0.3 is 15.4 Å². The molecule has 1 heterocycles. The highest BCUT2D eigenvalue weighted by Gasteiger charge is 2.38. The zero-order valence-electron chi connectivity index (χ0n) is 12.8. The maximum absolute atomic E-state index is 11.8. The van der Waals surface area contributed by atoms with Gasteiger partial charge in [0.2, 0.25) is 0 Å². The quantitative estimate of drug-likeness (QED) is 0.843. The zero-order valence-corrected chi connectivity index (χ0v) is 13.7. The molecule has 0 spiro atoms. The molecule has 1 aromatic rings. The smallest absolute Gasteiger partial charge is 0.407 e. The minimum Gasteiger partial charge on any atom is -0.450 e. The zero-order chi connectivity index (χ0) is 16.2. The minimum absolute atomic E-state index is 0.0237. The molecule has 1 aliphatic rings. The first-order valence-corrected chi connectivity index (χ1v) is 9.14. The van der Waals surface area contributed by atoms with E-state index in [1.54, 1.807) is 6.92 Å². The van der Waals surface area contributed by atoms with Crippen molar-refractivity contribution in [2.75, 3.05) is 18.1 Å². The van der Waals surface area contributed by atoms with Gasteiger partial charge >= 0.3 is 6.09 Å². The predicted octanol–water partition coefficient (Wildman–Crippen LogP) is 0.996. The summed E-state index contributed by atoms with van der Waals surface area (Å²) in [6.45, 7) is 4.53. The number of aryl methyl sites for hydroxylation is 1. The Morgan fingerprint density at radius 1 is 1.23 bits per heavy atom. The Bertz CT molecular complexity index is 613.